The summed E-state index contributed by atoms with van der Waals surface area (Å²) in [6, 6.07) is 0. The summed E-state index contributed by atoms with van der Waals surface area (Å²) >= 11 is 0. The highest BCUT2D eigenvalue weighted by atomic mass is 13.4. The van der Waals surface area contributed by atoms with Crippen LogP contribution in [-0.4, -0.2) is 0 Å². The van der Waals surface area contributed by atoms with Crippen molar-refractivity contribution in [2.75, 3.05) is 0 Å². The predicted octanol–water partition coefficient (Wildman–Crippen LogP) is 8.15. The normalized spacial score (nSPS) is 3.29. The molecule has 0 bridgehead atoms. The average molecular weight is 251 g/mol. The van der Waals surface area contributed by atoms with E-state index in [2.05, 4.69) is 40.2 Å². The Kier molecular flexibility index (Phi) is 45500. The quantitative estimate of drug-likeness (QED) is 0.380. The zero-order valence-corrected chi connectivity index (χ0v) is 15.5. The summed E-state index contributed by atoms with van der Waals surface area (Å²) in [6.07, 6.45) is 1.25. The van der Waals surface area contributed by atoms with Crippen LogP contribution in [0.25, 0.3) is 0 Å². The summed E-state index contributed by atoms with van der Waals surface area (Å²) in [5.41, 5.74) is 0. The summed E-state index contributed by atoms with van der Waals surface area (Å²) < 4.78 is 0. The molecule has 0 saturated carbocycles. The van der Waals surface area contributed by atoms with Crippen molar-refractivity contribution in [2.24, 2.45) is 0 Å². The minimum absolute atomic E-state index is 1.25. The van der Waals surface area contributed by atoms with Gasteiger partial charge >= 0.3 is 0 Å². The molecule has 0 aliphatic heterocycles. The van der Waals surface area contributed by atoms with E-state index >= 15 is 0 Å². The van der Waals surface area contributed by atoms with Gasteiger partial charge in [-0.05, 0) is 0 Å². The van der Waals surface area contributed by atoms with Gasteiger partial charge < -0.3 is 0 Å². The minimum Gasteiger partial charge on any atom is -0.106 e. The van der Waals surface area contributed by atoms with Gasteiger partial charge in [-0.2, -0.15) is 0 Å². The van der Waals surface area contributed by atoms with Crippen LogP contribution < -0.4 is 0 Å². The van der Waals surface area contributed by atoms with E-state index < -0.39 is 0 Å². The molecular formula is C17H46. The minimum atomic E-state index is 1.25. The van der Waals surface area contributed by atoms with Gasteiger partial charge in [-0.15, -0.1) is 26.3 Å². The molecule has 17 heavy (non-hydrogen) atoms. The van der Waals surface area contributed by atoms with Gasteiger partial charge in [0.05, 0.1) is 0 Å². The lowest BCUT2D eigenvalue weighted by molar-refractivity contribution is 1.09. The molecule has 0 aromatic carbocycles. The SMILES string of the molecule is C=C.C=C.CC.CC.CC.CC.CC.CCC. The lowest BCUT2D eigenvalue weighted by atomic mass is 10.6. The topological polar surface area (TPSA) is 0 Å². The van der Waals surface area contributed by atoms with Crippen molar-refractivity contribution in [2.45, 2.75) is 89.5 Å². The molecule has 0 atom stereocenters. The second-order valence-corrected chi connectivity index (χ2v) is 0.707. The van der Waals surface area contributed by atoms with E-state index in [1.807, 2.05) is 69.2 Å². The third-order valence-electron chi connectivity index (χ3n) is 0. The first-order valence-corrected chi connectivity index (χ1v) is 7.41. The predicted molar refractivity (Wildman–Crippen MR) is 95.2 cm³/mol. The van der Waals surface area contributed by atoms with Crippen LogP contribution in [0.3, 0.4) is 0 Å². The first-order valence-electron chi connectivity index (χ1n) is 7.41. The highest BCUT2D eigenvalue weighted by Gasteiger charge is 1.35. The summed E-state index contributed by atoms with van der Waals surface area (Å²) in [6.45, 7) is 36.2. The van der Waals surface area contributed by atoms with Crippen LogP contribution in [0, 0.1) is 0 Å². The van der Waals surface area contributed by atoms with Crippen molar-refractivity contribution >= 4 is 0 Å². The van der Waals surface area contributed by atoms with Crippen molar-refractivity contribution in [3.63, 3.8) is 0 Å². The lowest BCUT2D eigenvalue weighted by Crippen LogP contribution is -1.27. The van der Waals surface area contributed by atoms with Gasteiger partial charge in [-0.1, -0.05) is 89.5 Å². The number of hydrogen-bond acceptors (Lipinski definition) is 0. The molecule has 0 aromatic heterocycles. The van der Waals surface area contributed by atoms with E-state index in [0.29, 0.717) is 0 Å². The Labute approximate surface area is 116 Å². The van der Waals surface area contributed by atoms with Gasteiger partial charge in [0, 0.05) is 0 Å². The molecule has 0 spiro atoms. The highest BCUT2D eigenvalue weighted by molar-refractivity contribution is 4.22. The lowest BCUT2D eigenvalue weighted by Gasteiger charge is -1.48. The van der Waals surface area contributed by atoms with Crippen molar-refractivity contribution in [3.05, 3.63) is 26.3 Å². The Balaban J connectivity index is -0.00000000914. The van der Waals surface area contributed by atoms with E-state index in [1.165, 1.54) is 6.42 Å². The largest absolute Gasteiger partial charge is 0.106 e. The number of hydrogen-bond donors (Lipinski definition) is 0. The molecule has 114 valence electrons. The molecule has 0 radical (unpaired) electrons. The van der Waals surface area contributed by atoms with Crippen LogP contribution in [0.4, 0.5) is 0 Å². The Hall–Kier alpha value is -0.520. The molecule has 0 N–H and O–H groups in total. The zero-order chi connectivity index (χ0) is 16.7. The van der Waals surface area contributed by atoms with Crippen LogP contribution in [0.1, 0.15) is 89.5 Å². The molecule has 0 rings (SSSR count). The van der Waals surface area contributed by atoms with Crippen LogP contribution in [0.5, 0.6) is 0 Å². The zero-order valence-electron chi connectivity index (χ0n) is 15.5. The molecule has 0 heterocycles. The van der Waals surface area contributed by atoms with E-state index in [9.17, 15) is 0 Å². The molecule has 0 fully saturated rings. The maximum absolute atomic E-state index is 3.00. The van der Waals surface area contributed by atoms with Crippen LogP contribution >= 0.6 is 0 Å². The Morgan fingerprint density at radius 2 is 0.412 bits per heavy atom. The number of rotatable bonds is 0. The van der Waals surface area contributed by atoms with E-state index in [1.54, 1.807) is 0 Å². The summed E-state index contributed by atoms with van der Waals surface area (Å²) in [5.74, 6) is 0. The fraction of sp³-hybridized carbons (Fsp3) is 0.765. The summed E-state index contributed by atoms with van der Waals surface area (Å²) in [5, 5.41) is 0. The first kappa shape index (κ1) is 54.9. The monoisotopic (exact) mass is 250 g/mol. The third kappa shape index (κ3) is 10400. The average Bonchev–Trinajstić information content (AvgIpc) is 2.53. The summed E-state index contributed by atoms with van der Waals surface area (Å²) in [4.78, 5) is 0. The standard InChI is InChI=1S/C3H8.5C2H6.2C2H4/c1-3-2;7*1-2/h3H2,1-2H3;5*1-2H3;2*1-2H2. The smallest absolute Gasteiger partial charge is 0.0590 e. The van der Waals surface area contributed by atoms with Gasteiger partial charge in [-0.3, -0.25) is 0 Å². The molecule has 0 aliphatic carbocycles. The van der Waals surface area contributed by atoms with E-state index in [0.717, 1.165) is 0 Å². The Morgan fingerprint density at radius 3 is 0.412 bits per heavy atom. The third-order valence-corrected chi connectivity index (χ3v) is 0. The fourth-order valence-corrected chi connectivity index (χ4v) is 0. The van der Waals surface area contributed by atoms with Crippen molar-refractivity contribution in [3.8, 4) is 0 Å². The van der Waals surface area contributed by atoms with Gasteiger partial charge in [0.2, 0.25) is 0 Å². The molecule has 0 nitrogen and oxygen atoms in total. The van der Waals surface area contributed by atoms with E-state index in [4.69, 9.17) is 0 Å². The maximum atomic E-state index is 3.00. The Morgan fingerprint density at radius 1 is 0.412 bits per heavy atom. The molecule has 0 heteroatoms. The second-order valence-electron chi connectivity index (χ2n) is 0.707. The molecule has 0 aromatic rings. The maximum Gasteiger partial charge on any atom is -0.0590 e. The van der Waals surface area contributed by atoms with Gasteiger partial charge in [0.1, 0.15) is 0 Å². The molecular weight excluding hydrogens is 204 g/mol. The molecule has 0 amide bonds. The second kappa shape index (κ2) is 14100. The van der Waals surface area contributed by atoms with E-state index in [-0.39, 0.29) is 0 Å². The van der Waals surface area contributed by atoms with Crippen molar-refractivity contribution in [1.29, 1.82) is 0 Å². The van der Waals surface area contributed by atoms with Crippen LogP contribution in [0.2, 0.25) is 0 Å². The van der Waals surface area contributed by atoms with Crippen molar-refractivity contribution in [1.82, 2.24) is 0 Å². The van der Waals surface area contributed by atoms with Gasteiger partial charge in [0.25, 0.3) is 0 Å². The fourth-order valence-electron chi connectivity index (χ4n) is 0. The summed E-state index contributed by atoms with van der Waals surface area (Å²) in [7, 11) is 0. The van der Waals surface area contributed by atoms with Crippen LogP contribution in [-0.2, 0) is 0 Å². The first-order chi connectivity index (χ1) is 8.41. The molecule has 0 unspecified atom stereocenters. The van der Waals surface area contributed by atoms with Gasteiger partial charge in [0.15, 0.2) is 0 Å². The molecule has 0 saturated heterocycles. The Bertz CT molecular complexity index is 7.51. The molecule has 0 aliphatic rings. The highest BCUT2D eigenvalue weighted by Crippen LogP contribution is 1.56. The van der Waals surface area contributed by atoms with Crippen molar-refractivity contribution < 1.29 is 0 Å². The van der Waals surface area contributed by atoms with Gasteiger partial charge in [-0.25, -0.2) is 0 Å². The van der Waals surface area contributed by atoms with Crippen LogP contribution in [0.15, 0.2) is 26.3 Å².